The number of quaternary nitrogens is 1. The van der Waals surface area contributed by atoms with Gasteiger partial charge in [-0.2, -0.15) is 0 Å². The maximum atomic E-state index is 12.0. The van der Waals surface area contributed by atoms with Crippen LogP contribution < -0.4 is 5.73 Å². The Morgan fingerprint density at radius 1 is 1.33 bits per heavy atom. The molecule has 1 aromatic carbocycles. The van der Waals surface area contributed by atoms with Crippen LogP contribution in [0.25, 0.3) is 4.72 Å². The van der Waals surface area contributed by atoms with Gasteiger partial charge in [-0.05, 0) is 0 Å². The molecule has 0 radical (unpaired) electrons. The van der Waals surface area contributed by atoms with Crippen molar-refractivity contribution in [3.8, 4) is 0 Å². The molecule has 0 aliphatic carbocycles. The maximum Gasteiger partial charge on any atom is 0.159 e. The Balaban J connectivity index is 2.11. The first-order valence-electron chi connectivity index (χ1n) is 5.81. The zero-order chi connectivity index (χ0) is 13.0. The number of morpholine rings is 1. The molecule has 1 saturated heterocycles. The fraction of sp³-hybridized carbons (Fsp3) is 0.455. The molecule has 1 heterocycles. The highest BCUT2D eigenvalue weighted by atomic mass is 32.2. The largest absolute Gasteiger partial charge is 0.564 e. The molecule has 0 spiro atoms. The van der Waals surface area contributed by atoms with Crippen LogP contribution >= 0.6 is 0 Å². The summed E-state index contributed by atoms with van der Waals surface area (Å²) in [5.74, 6) is 0. The van der Waals surface area contributed by atoms with Crippen molar-refractivity contribution in [1.82, 2.24) is 4.31 Å². The van der Waals surface area contributed by atoms with Crippen molar-refractivity contribution >= 4 is 15.9 Å². The van der Waals surface area contributed by atoms with Gasteiger partial charge in [-0.15, -0.1) is 5.69 Å². The van der Waals surface area contributed by atoms with Crippen molar-refractivity contribution in [2.24, 2.45) is 0 Å². The minimum absolute atomic E-state index is 0.362. The first kappa shape index (κ1) is 13.3. The second kappa shape index (κ2) is 5.66. The summed E-state index contributed by atoms with van der Waals surface area (Å²) in [6.45, 7) is 2.18. The third-order valence-corrected chi connectivity index (χ3v) is 4.18. The van der Waals surface area contributed by atoms with Gasteiger partial charge < -0.3 is 15.2 Å². The molecule has 6 nitrogen and oxygen atoms in total. The third kappa shape index (κ3) is 3.20. The van der Waals surface area contributed by atoms with Crippen LogP contribution in [0.2, 0.25) is 0 Å². The van der Waals surface area contributed by atoms with Crippen LogP contribution in [-0.4, -0.2) is 39.0 Å². The molecule has 18 heavy (non-hydrogen) atoms. The molecule has 1 fully saturated rings. The summed E-state index contributed by atoms with van der Waals surface area (Å²) in [4.78, 5) is 0. The molecule has 1 aliphatic rings. The van der Waals surface area contributed by atoms with E-state index in [-0.39, 0.29) is 0 Å². The molecule has 0 bridgehead atoms. The molecule has 7 heteroatoms. The van der Waals surface area contributed by atoms with E-state index in [0.717, 1.165) is 5.56 Å². The summed E-state index contributed by atoms with van der Waals surface area (Å²) in [6, 6.07) is 7.10. The molecule has 2 rings (SSSR count). The molecule has 0 atom stereocenters. The molecule has 0 saturated carbocycles. The number of nitrogens with zero attached hydrogens (tertiary/aromatic N) is 2. The van der Waals surface area contributed by atoms with E-state index in [1.54, 1.807) is 18.2 Å². The lowest BCUT2D eigenvalue weighted by molar-refractivity contribution is -0.386. The lowest BCUT2D eigenvalue weighted by Gasteiger charge is -2.33. The molecular weight excluding hydrogens is 254 g/mol. The monoisotopic (exact) mass is 271 g/mol. The molecule has 1 aromatic rings. The number of hydrogen-bond donors (Lipinski definition) is 1. The normalized spacial score (nSPS) is 17.6. The van der Waals surface area contributed by atoms with Gasteiger partial charge in [0.1, 0.15) is 0 Å². The highest BCUT2D eigenvalue weighted by Crippen LogP contribution is 2.25. The van der Waals surface area contributed by atoms with Gasteiger partial charge in [0, 0.05) is 18.7 Å². The lowest BCUT2D eigenvalue weighted by atomic mass is 10.2. The fourth-order valence-corrected chi connectivity index (χ4v) is 2.84. The van der Waals surface area contributed by atoms with Crippen molar-refractivity contribution in [2.75, 3.05) is 26.3 Å². The molecule has 3 N–H and O–H groups in total. The van der Waals surface area contributed by atoms with Gasteiger partial charge in [-0.3, -0.25) is 0 Å². The SMILES string of the molecule is [NH3+]Cc1cccc([N-]S(=O)(=O)N2CCOCC2)c1. The van der Waals surface area contributed by atoms with Crippen LogP contribution in [-0.2, 0) is 21.5 Å². The molecule has 0 unspecified atom stereocenters. The Hall–Kier alpha value is -1.15. The van der Waals surface area contributed by atoms with E-state index in [0.29, 0.717) is 38.5 Å². The van der Waals surface area contributed by atoms with Gasteiger partial charge in [-0.25, -0.2) is 12.7 Å². The molecular formula is C11H17N3O3S. The zero-order valence-electron chi connectivity index (χ0n) is 10.1. The van der Waals surface area contributed by atoms with E-state index in [2.05, 4.69) is 10.5 Å². The Morgan fingerprint density at radius 3 is 2.72 bits per heavy atom. The quantitative estimate of drug-likeness (QED) is 0.836. The summed E-state index contributed by atoms with van der Waals surface area (Å²) in [5, 5.41) is 0. The second-order valence-electron chi connectivity index (χ2n) is 4.00. The minimum Gasteiger partial charge on any atom is -0.564 e. The zero-order valence-corrected chi connectivity index (χ0v) is 10.9. The molecule has 0 aromatic heterocycles. The smallest absolute Gasteiger partial charge is 0.159 e. The summed E-state index contributed by atoms with van der Waals surface area (Å²) in [5.41, 5.74) is 5.18. The average Bonchev–Trinajstić information content (AvgIpc) is 2.39. The van der Waals surface area contributed by atoms with Crippen LogP contribution in [0.5, 0.6) is 0 Å². The number of rotatable bonds is 4. The summed E-state index contributed by atoms with van der Waals surface area (Å²) >= 11 is 0. The Kier molecular flexibility index (Phi) is 4.18. The first-order valence-corrected chi connectivity index (χ1v) is 7.20. The molecule has 100 valence electrons. The van der Waals surface area contributed by atoms with Gasteiger partial charge in [0.05, 0.1) is 19.8 Å². The lowest BCUT2D eigenvalue weighted by Crippen LogP contribution is -2.47. The maximum absolute atomic E-state index is 12.0. The Bertz CT molecular complexity index is 498. The van der Waals surface area contributed by atoms with E-state index >= 15 is 0 Å². The fourth-order valence-electron chi connectivity index (χ4n) is 1.74. The van der Waals surface area contributed by atoms with Gasteiger partial charge in [0.2, 0.25) is 0 Å². The summed E-state index contributed by atoms with van der Waals surface area (Å²) < 4.78 is 34.4. The Morgan fingerprint density at radius 2 is 2.06 bits per heavy atom. The standard InChI is InChI=1S/C11H16N3O3S/c12-9-10-2-1-3-11(8-10)13-18(15,16)14-4-6-17-7-5-14/h1-3,8H,4-7,9,12H2/q-1/p+1. The summed E-state index contributed by atoms with van der Waals surface area (Å²) in [7, 11) is -3.60. The van der Waals surface area contributed by atoms with Crippen molar-refractivity contribution < 1.29 is 18.9 Å². The van der Waals surface area contributed by atoms with Crippen molar-refractivity contribution in [1.29, 1.82) is 0 Å². The average molecular weight is 271 g/mol. The van der Waals surface area contributed by atoms with E-state index in [1.807, 2.05) is 6.07 Å². The van der Waals surface area contributed by atoms with Crippen LogP contribution in [0, 0.1) is 0 Å². The van der Waals surface area contributed by atoms with E-state index in [1.165, 1.54) is 4.31 Å². The van der Waals surface area contributed by atoms with Crippen molar-refractivity contribution in [3.05, 3.63) is 34.6 Å². The highest BCUT2D eigenvalue weighted by molar-refractivity contribution is 7.92. The summed E-state index contributed by atoms with van der Waals surface area (Å²) in [6.07, 6.45) is 0. The molecule has 1 aliphatic heterocycles. The van der Waals surface area contributed by atoms with Crippen LogP contribution in [0.1, 0.15) is 5.56 Å². The number of hydrogen-bond acceptors (Lipinski definition) is 3. The second-order valence-corrected chi connectivity index (χ2v) is 5.60. The van der Waals surface area contributed by atoms with E-state index in [9.17, 15) is 8.42 Å². The highest BCUT2D eigenvalue weighted by Gasteiger charge is 2.17. The van der Waals surface area contributed by atoms with Crippen molar-refractivity contribution in [3.63, 3.8) is 0 Å². The minimum atomic E-state index is -3.60. The van der Waals surface area contributed by atoms with Gasteiger partial charge >= 0.3 is 0 Å². The number of benzene rings is 1. The third-order valence-electron chi connectivity index (χ3n) is 2.72. The van der Waals surface area contributed by atoms with Gasteiger partial charge in [0.15, 0.2) is 10.2 Å². The Labute approximate surface area is 107 Å². The predicted octanol–water partition coefficient (Wildman–Crippen LogP) is 0.0107. The van der Waals surface area contributed by atoms with E-state index in [4.69, 9.17) is 4.74 Å². The van der Waals surface area contributed by atoms with Gasteiger partial charge in [-0.1, -0.05) is 24.3 Å². The van der Waals surface area contributed by atoms with Crippen LogP contribution in [0.3, 0.4) is 0 Å². The van der Waals surface area contributed by atoms with Gasteiger partial charge in [0.25, 0.3) is 0 Å². The molecule has 0 amide bonds. The topological polar surface area (TPSA) is 88.3 Å². The first-order chi connectivity index (χ1) is 8.62. The van der Waals surface area contributed by atoms with Crippen LogP contribution in [0.4, 0.5) is 5.69 Å². The predicted molar refractivity (Wildman–Crippen MR) is 67.4 cm³/mol. The van der Waals surface area contributed by atoms with Crippen molar-refractivity contribution in [2.45, 2.75) is 6.54 Å². The van der Waals surface area contributed by atoms with E-state index < -0.39 is 10.2 Å². The van der Waals surface area contributed by atoms with Crippen LogP contribution in [0.15, 0.2) is 24.3 Å². The number of ether oxygens (including phenoxy) is 1.